The number of benzene rings is 2. The van der Waals surface area contributed by atoms with Crippen LogP contribution < -0.4 is 0 Å². The largest absolute Gasteiger partial charge is 0.334 e. The molecule has 1 heterocycles. The maximum absolute atomic E-state index is 5.45. The molecule has 29 heavy (non-hydrogen) atoms. The van der Waals surface area contributed by atoms with Crippen molar-refractivity contribution >= 4 is 6.08 Å². The van der Waals surface area contributed by atoms with Crippen molar-refractivity contribution in [1.82, 2.24) is 10.1 Å². The average molecular weight is 387 g/mol. The smallest absolute Gasteiger partial charge is 0.250 e. The Morgan fingerprint density at radius 1 is 0.966 bits per heavy atom. The third kappa shape index (κ3) is 5.03. The minimum absolute atomic E-state index is 0.245. The Kier molecular flexibility index (Phi) is 5.94. The zero-order valence-electron chi connectivity index (χ0n) is 17.5. The summed E-state index contributed by atoms with van der Waals surface area (Å²) >= 11 is 0. The molecule has 1 aliphatic carbocycles. The summed E-state index contributed by atoms with van der Waals surface area (Å²) < 4.78 is 5.45. The second-order valence-electron chi connectivity index (χ2n) is 8.86. The molecule has 3 nitrogen and oxygen atoms in total. The number of rotatable bonds is 6. The van der Waals surface area contributed by atoms with Crippen molar-refractivity contribution in [3.8, 4) is 11.4 Å². The van der Waals surface area contributed by atoms with Gasteiger partial charge in [-0.15, -0.1) is 0 Å². The van der Waals surface area contributed by atoms with Crippen LogP contribution in [0.15, 0.2) is 70.8 Å². The summed E-state index contributed by atoms with van der Waals surface area (Å²) in [7, 11) is 0. The summed E-state index contributed by atoms with van der Waals surface area (Å²) in [6.07, 6.45) is 9.44. The van der Waals surface area contributed by atoms with E-state index in [0.717, 1.165) is 24.3 Å². The molecule has 0 spiro atoms. The van der Waals surface area contributed by atoms with Gasteiger partial charge < -0.3 is 4.52 Å². The maximum Gasteiger partial charge on any atom is 0.250 e. The first-order valence-corrected chi connectivity index (χ1v) is 10.7. The van der Waals surface area contributed by atoms with E-state index >= 15 is 0 Å². The predicted molar refractivity (Wildman–Crippen MR) is 118 cm³/mol. The van der Waals surface area contributed by atoms with Crippen molar-refractivity contribution in [3.63, 3.8) is 0 Å². The van der Waals surface area contributed by atoms with Crippen LogP contribution in [0.3, 0.4) is 0 Å². The van der Waals surface area contributed by atoms with E-state index in [9.17, 15) is 0 Å². The highest BCUT2D eigenvalue weighted by Gasteiger charge is 2.24. The Bertz CT molecular complexity index is 931. The van der Waals surface area contributed by atoms with E-state index in [2.05, 4.69) is 60.4 Å². The third-order valence-electron chi connectivity index (χ3n) is 6.28. The van der Waals surface area contributed by atoms with Gasteiger partial charge in [-0.05, 0) is 55.4 Å². The summed E-state index contributed by atoms with van der Waals surface area (Å²) in [5, 5.41) is 4.12. The molecule has 0 bridgehead atoms. The molecular formula is C26H30N2O. The molecule has 3 aromatic rings. The van der Waals surface area contributed by atoms with Crippen molar-refractivity contribution < 1.29 is 4.52 Å². The van der Waals surface area contributed by atoms with Gasteiger partial charge >= 0.3 is 0 Å². The SMILES string of the molecule is CC(C)(CCC1CCC(=Cc2nc(-c3ccccc3)no2)CC1)c1ccccc1. The highest BCUT2D eigenvalue weighted by Crippen LogP contribution is 2.36. The Morgan fingerprint density at radius 2 is 1.62 bits per heavy atom. The second kappa shape index (κ2) is 8.77. The van der Waals surface area contributed by atoms with Crippen LogP contribution in [0.2, 0.25) is 0 Å². The van der Waals surface area contributed by atoms with Gasteiger partial charge in [-0.1, -0.05) is 85.2 Å². The van der Waals surface area contributed by atoms with Crippen molar-refractivity contribution in [2.75, 3.05) is 0 Å². The van der Waals surface area contributed by atoms with Crippen LogP contribution in [0.4, 0.5) is 0 Å². The van der Waals surface area contributed by atoms with E-state index in [0.29, 0.717) is 11.7 Å². The number of hydrogen-bond acceptors (Lipinski definition) is 3. The van der Waals surface area contributed by atoms with Crippen LogP contribution in [-0.4, -0.2) is 10.1 Å². The number of hydrogen-bond donors (Lipinski definition) is 0. The van der Waals surface area contributed by atoms with E-state index in [1.807, 2.05) is 30.3 Å². The lowest BCUT2D eigenvalue weighted by Crippen LogP contribution is -2.19. The van der Waals surface area contributed by atoms with Crippen LogP contribution >= 0.6 is 0 Å². The molecule has 0 amide bonds. The molecule has 0 radical (unpaired) electrons. The lowest BCUT2D eigenvalue weighted by Gasteiger charge is -2.30. The molecule has 1 fully saturated rings. The zero-order chi connectivity index (χ0) is 20.1. The van der Waals surface area contributed by atoms with Crippen LogP contribution in [0.25, 0.3) is 17.5 Å². The van der Waals surface area contributed by atoms with E-state index in [1.165, 1.54) is 36.8 Å². The van der Waals surface area contributed by atoms with Crippen LogP contribution in [0.5, 0.6) is 0 Å². The van der Waals surface area contributed by atoms with Gasteiger partial charge in [0, 0.05) is 11.6 Å². The Labute approximate surface area is 173 Å². The van der Waals surface area contributed by atoms with Gasteiger partial charge in [0.1, 0.15) is 0 Å². The minimum atomic E-state index is 0.245. The number of nitrogens with zero attached hydrogens (tertiary/aromatic N) is 2. The fraction of sp³-hybridized carbons (Fsp3) is 0.385. The molecule has 1 aromatic heterocycles. The monoisotopic (exact) mass is 386 g/mol. The van der Waals surface area contributed by atoms with Gasteiger partial charge in [-0.3, -0.25) is 0 Å². The lowest BCUT2D eigenvalue weighted by atomic mass is 9.75. The van der Waals surface area contributed by atoms with Crippen LogP contribution in [0, 0.1) is 5.92 Å². The van der Waals surface area contributed by atoms with E-state index < -0.39 is 0 Å². The predicted octanol–water partition coefficient (Wildman–Crippen LogP) is 7.07. The zero-order valence-corrected chi connectivity index (χ0v) is 17.5. The highest BCUT2D eigenvalue weighted by molar-refractivity contribution is 5.55. The number of allylic oxidation sites excluding steroid dienone is 1. The summed E-state index contributed by atoms with van der Waals surface area (Å²) in [6.45, 7) is 4.74. The summed E-state index contributed by atoms with van der Waals surface area (Å²) in [5.41, 5.74) is 4.12. The fourth-order valence-corrected chi connectivity index (χ4v) is 4.25. The van der Waals surface area contributed by atoms with Crippen molar-refractivity contribution in [2.24, 2.45) is 5.92 Å². The first-order valence-electron chi connectivity index (χ1n) is 10.7. The van der Waals surface area contributed by atoms with Crippen molar-refractivity contribution in [1.29, 1.82) is 0 Å². The molecule has 0 N–H and O–H groups in total. The molecule has 0 atom stereocenters. The normalized spacial score (nSPS) is 17.3. The van der Waals surface area contributed by atoms with Gasteiger partial charge in [-0.25, -0.2) is 0 Å². The van der Waals surface area contributed by atoms with E-state index in [4.69, 9.17) is 4.52 Å². The minimum Gasteiger partial charge on any atom is -0.334 e. The van der Waals surface area contributed by atoms with Gasteiger partial charge in [0.25, 0.3) is 5.89 Å². The van der Waals surface area contributed by atoms with Crippen molar-refractivity contribution in [2.45, 2.75) is 57.8 Å². The molecule has 1 saturated carbocycles. The van der Waals surface area contributed by atoms with Crippen LogP contribution in [-0.2, 0) is 5.41 Å². The second-order valence-corrected chi connectivity index (χ2v) is 8.86. The maximum atomic E-state index is 5.45. The van der Waals surface area contributed by atoms with E-state index in [-0.39, 0.29) is 5.41 Å². The average Bonchev–Trinajstić information content (AvgIpc) is 3.23. The Morgan fingerprint density at radius 3 is 2.31 bits per heavy atom. The molecule has 0 unspecified atom stereocenters. The third-order valence-corrected chi connectivity index (χ3v) is 6.28. The van der Waals surface area contributed by atoms with Gasteiger partial charge in [0.15, 0.2) is 0 Å². The summed E-state index contributed by atoms with van der Waals surface area (Å²) in [4.78, 5) is 4.54. The molecule has 4 rings (SSSR count). The van der Waals surface area contributed by atoms with E-state index in [1.54, 1.807) is 0 Å². The molecule has 0 aliphatic heterocycles. The lowest BCUT2D eigenvalue weighted by molar-refractivity contribution is 0.331. The molecule has 0 saturated heterocycles. The molecule has 150 valence electrons. The standard InChI is InChI=1S/C26H30N2O/c1-26(2,23-11-7-4-8-12-23)18-17-20-13-15-21(16-14-20)19-24-27-25(28-29-24)22-9-5-3-6-10-22/h3-12,19-20H,13-18H2,1-2H3. The van der Waals surface area contributed by atoms with Gasteiger partial charge in [-0.2, -0.15) is 4.98 Å². The molecule has 3 heteroatoms. The Balaban J connectivity index is 1.30. The summed E-state index contributed by atoms with van der Waals surface area (Å²) in [6, 6.07) is 20.9. The first kappa shape index (κ1) is 19.6. The topological polar surface area (TPSA) is 38.9 Å². The first-order chi connectivity index (χ1) is 14.1. The van der Waals surface area contributed by atoms with Gasteiger partial charge in [0.2, 0.25) is 5.82 Å². The quantitative estimate of drug-likeness (QED) is 0.455. The fourth-order valence-electron chi connectivity index (χ4n) is 4.25. The van der Waals surface area contributed by atoms with Crippen molar-refractivity contribution in [3.05, 3.63) is 77.7 Å². The summed E-state index contributed by atoms with van der Waals surface area (Å²) in [5.74, 6) is 2.11. The van der Waals surface area contributed by atoms with Gasteiger partial charge in [0.05, 0.1) is 0 Å². The Hall–Kier alpha value is -2.68. The molecular weight excluding hydrogens is 356 g/mol. The van der Waals surface area contributed by atoms with Crippen LogP contribution in [0.1, 0.15) is 63.8 Å². The molecule has 1 aliphatic rings. The highest BCUT2D eigenvalue weighted by atomic mass is 16.5. The number of aromatic nitrogens is 2. The molecule has 2 aromatic carbocycles.